The Balaban J connectivity index is 2.00. The van der Waals surface area contributed by atoms with E-state index in [4.69, 9.17) is 4.74 Å². The fourth-order valence-electron chi connectivity index (χ4n) is 3.59. The molecule has 4 nitrogen and oxygen atoms in total. The van der Waals surface area contributed by atoms with Crippen LogP contribution >= 0.6 is 0 Å². The van der Waals surface area contributed by atoms with Crippen LogP contribution in [0.2, 0.25) is 0 Å². The highest BCUT2D eigenvalue weighted by molar-refractivity contribution is 6.14. The summed E-state index contributed by atoms with van der Waals surface area (Å²) in [4.78, 5) is 23.9. The van der Waals surface area contributed by atoms with Gasteiger partial charge in [-0.05, 0) is 18.1 Å². The SMILES string of the molecule is CC(=O)OCC1CCC(=O)n2c3ccccc3c3cccc1c32. The molecule has 0 saturated heterocycles. The van der Waals surface area contributed by atoms with E-state index >= 15 is 0 Å². The van der Waals surface area contributed by atoms with E-state index in [2.05, 4.69) is 6.07 Å². The van der Waals surface area contributed by atoms with Gasteiger partial charge >= 0.3 is 5.97 Å². The molecule has 3 aromatic rings. The number of esters is 1. The maximum atomic E-state index is 12.7. The van der Waals surface area contributed by atoms with Crippen molar-refractivity contribution in [1.29, 1.82) is 0 Å². The zero-order valence-corrected chi connectivity index (χ0v) is 12.9. The number of aromatic nitrogens is 1. The van der Waals surface area contributed by atoms with Crippen molar-refractivity contribution in [1.82, 2.24) is 4.57 Å². The van der Waals surface area contributed by atoms with Crippen molar-refractivity contribution in [2.75, 3.05) is 6.61 Å². The third-order valence-electron chi connectivity index (χ3n) is 4.61. The quantitative estimate of drug-likeness (QED) is 0.675. The monoisotopic (exact) mass is 307 g/mol. The fraction of sp³-hybridized carbons (Fsp3) is 0.263. The van der Waals surface area contributed by atoms with Crippen LogP contribution in [0.4, 0.5) is 0 Å². The number of fused-ring (bicyclic) bond motifs is 3. The minimum absolute atomic E-state index is 0.0529. The number of rotatable bonds is 2. The van der Waals surface area contributed by atoms with Gasteiger partial charge in [0.1, 0.15) is 0 Å². The highest BCUT2D eigenvalue weighted by Crippen LogP contribution is 2.38. The summed E-state index contributed by atoms with van der Waals surface area (Å²) in [5.41, 5.74) is 3.01. The molecule has 0 bridgehead atoms. The molecule has 0 aliphatic carbocycles. The largest absolute Gasteiger partial charge is 0.465 e. The van der Waals surface area contributed by atoms with Crippen LogP contribution in [-0.4, -0.2) is 23.1 Å². The van der Waals surface area contributed by atoms with Gasteiger partial charge in [-0.25, -0.2) is 0 Å². The molecule has 2 heterocycles. The summed E-state index contributed by atoms with van der Waals surface area (Å²) in [5.74, 6) is -0.126. The maximum absolute atomic E-state index is 12.7. The number of benzene rings is 2. The van der Waals surface area contributed by atoms with Gasteiger partial charge in [0.15, 0.2) is 0 Å². The summed E-state index contributed by atoms with van der Waals surface area (Å²) < 4.78 is 7.07. The standard InChI is InChI=1S/C19H17NO3/c1-12(21)23-11-13-9-10-18(22)20-17-8-3-2-5-15(17)16-7-4-6-14(13)19(16)20/h2-8,13H,9-11H2,1H3. The summed E-state index contributed by atoms with van der Waals surface area (Å²) in [6, 6.07) is 14.1. The summed E-state index contributed by atoms with van der Waals surface area (Å²) in [6.07, 6.45) is 1.15. The van der Waals surface area contributed by atoms with Crippen LogP contribution in [0.1, 0.15) is 36.0 Å². The van der Waals surface area contributed by atoms with Crippen LogP contribution in [0.15, 0.2) is 42.5 Å². The summed E-state index contributed by atoms with van der Waals surface area (Å²) in [6.45, 7) is 1.74. The molecule has 116 valence electrons. The topological polar surface area (TPSA) is 48.3 Å². The number of ether oxygens (including phenoxy) is 1. The second-order valence-electron chi connectivity index (χ2n) is 6.03. The van der Waals surface area contributed by atoms with Crippen molar-refractivity contribution in [3.63, 3.8) is 0 Å². The molecular formula is C19H17NO3. The molecule has 1 unspecified atom stereocenters. The molecule has 4 rings (SSSR count). The summed E-state index contributed by atoms with van der Waals surface area (Å²) in [5, 5.41) is 2.17. The van der Waals surface area contributed by atoms with Crippen molar-refractivity contribution in [2.24, 2.45) is 0 Å². The predicted molar refractivity (Wildman–Crippen MR) is 88.7 cm³/mol. The summed E-state index contributed by atoms with van der Waals surface area (Å²) in [7, 11) is 0. The Morgan fingerprint density at radius 3 is 2.78 bits per heavy atom. The Hall–Kier alpha value is -2.62. The van der Waals surface area contributed by atoms with Gasteiger partial charge in [0.25, 0.3) is 0 Å². The molecule has 0 spiro atoms. The lowest BCUT2D eigenvalue weighted by atomic mass is 9.94. The predicted octanol–water partition coefficient (Wildman–Crippen LogP) is 3.88. The number of para-hydroxylation sites is 2. The first-order chi connectivity index (χ1) is 11.2. The van der Waals surface area contributed by atoms with Crippen molar-refractivity contribution < 1.29 is 14.3 Å². The third kappa shape index (κ3) is 2.13. The first kappa shape index (κ1) is 14.0. The minimum Gasteiger partial charge on any atom is -0.465 e. The highest BCUT2D eigenvalue weighted by Gasteiger charge is 2.27. The van der Waals surface area contributed by atoms with E-state index in [0.717, 1.165) is 27.4 Å². The molecule has 1 aliphatic rings. The maximum Gasteiger partial charge on any atom is 0.302 e. The van der Waals surface area contributed by atoms with Crippen LogP contribution in [0.3, 0.4) is 0 Å². The van der Waals surface area contributed by atoms with E-state index in [-0.39, 0.29) is 17.8 Å². The zero-order valence-electron chi connectivity index (χ0n) is 12.9. The first-order valence-electron chi connectivity index (χ1n) is 7.85. The van der Waals surface area contributed by atoms with E-state index in [1.54, 1.807) is 0 Å². The zero-order chi connectivity index (χ0) is 16.0. The van der Waals surface area contributed by atoms with E-state index in [1.807, 2.05) is 41.0 Å². The second-order valence-corrected chi connectivity index (χ2v) is 6.03. The average Bonchev–Trinajstić information content (AvgIpc) is 2.81. The van der Waals surface area contributed by atoms with Gasteiger partial charge in [0, 0.05) is 30.0 Å². The number of nitrogens with zero attached hydrogens (tertiary/aromatic N) is 1. The molecule has 0 amide bonds. The highest BCUT2D eigenvalue weighted by atomic mass is 16.5. The summed E-state index contributed by atoms with van der Waals surface area (Å²) >= 11 is 0. The number of carbonyl (C=O) groups is 2. The minimum atomic E-state index is -0.284. The molecule has 0 fully saturated rings. The van der Waals surface area contributed by atoms with E-state index in [9.17, 15) is 9.59 Å². The van der Waals surface area contributed by atoms with Crippen molar-refractivity contribution in [3.05, 3.63) is 48.0 Å². The van der Waals surface area contributed by atoms with Gasteiger partial charge in [-0.15, -0.1) is 0 Å². The number of hydrogen-bond acceptors (Lipinski definition) is 3. The van der Waals surface area contributed by atoms with Gasteiger partial charge in [0.05, 0.1) is 17.6 Å². The van der Waals surface area contributed by atoms with E-state index < -0.39 is 0 Å². The van der Waals surface area contributed by atoms with E-state index in [0.29, 0.717) is 19.4 Å². The lowest BCUT2D eigenvalue weighted by Crippen LogP contribution is -2.11. The van der Waals surface area contributed by atoms with Crippen molar-refractivity contribution in [2.45, 2.75) is 25.7 Å². The number of carbonyl (C=O) groups excluding carboxylic acids is 2. The average molecular weight is 307 g/mol. The molecule has 2 aromatic carbocycles. The fourth-order valence-corrected chi connectivity index (χ4v) is 3.59. The molecule has 0 saturated carbocycles. The van der Waals surface area contributed by atoms with Gasteiger partial charge < -0.3 is 4.74 Å². The van der Waals surface area contributed by atoms with E-state index in [1.165, 1.54) is 6.92 Å². The third-order valence-corrected chi connectivity index (χ3v) is 4.61. The first-order valence-corrected chi connectivity index (χ1v) is 7.85. The normalized spacial score (nSPS) is 17.4. The van der Waals surface area contributed by atoms with Crippen LogP contribution in [0, 0.1) is 0 Å². The molecule has 4 heteroatoms. The Morgan fingerprint density at radius 2 is 1.96 bits per heavy atom. The Labute approximate surface area is 133 Å². The lowest BCUT2D eigenvalue weighted by Gasteiger charge is -2.15. The molecule has 1 aliphatic heterocycles. The lowest BCUT2D eigenvalue weighted by molar-refractivity contribution is -0.141. The molecule has 0 N–H and O–H groups in total. The van der Waals surface area contributed by atoms with Gasteiger partial charge in [-0.1, -0.05) is 36.4 Å². The van der Waals surface area contributed by atoms with Crippen LogP contribution in [0.5, 0.6) is 0 Å². The Morgan fingerprint density at radius 1 is 1.17 bits per heavy atom. The van der Waals surface area contributed by atoms with Gasteiger partial charge in [-0.3, -0.25) is 14.2 Å². The van der Waals surface area contributed by atoms with Crippen molar-refractivity contribution >= 4 is 33.7 Å². The smallest absolute Gasteiger partial charge is 0.302 e. The van der Waals surface area contributed by atoms with Gasteiger partial charge in [-0.2, -0.15) is 0 Å². The number of hydrogen-bond donors (Lipinski definition) is 0. The van der Waals surface area contributed by atoms with Crippen LogP contribution in [0.25, 0.3) is 21.8 Å². The Kier molecular flexibility index (Phi) is 3.18. The Bertz CT molecular complexity index is 938. The van der Waals surface area contributed by atoms with Crippen LogP contribution in [-0.2, 0) is 9.53 Å². The van der Waals surface area contributed by atoms with Crippen molar-refractivity contribution in [3.8, 4) is 0 Å². The molecule has 1 atom stereocenters. The van der Waals surface area contributed by atoms with Gasteiger partial charge in [0.2, 0.25) is 5.91 Å². The van der Waals surface area contributed by atoms with Crippen LogP contribution < -0.4 is 0 Å². The molecule has 1 aromatic heterocycles. The molecule has 0 radical (unpaired) electrons. The molecule has 23 heavy (non-hydrogen) atoms. The molecular weight excluding hydrogens is 290 g/mol. The second kappa shape index (κ2) is 5.23.